The second-order valence-corrected chi connectivity index (χ2v) is 2.31. The van der Waals surface area contributed by atoms with Gasteiger partial charge in [0, 0.05) is 11.1 Å². The van der Waals surface area contributed by atoms with Crippen LogP contribution < -0.4 is 0 Å². The topological polar surface area (TPSA) is 115 Å². The molecular formula is C9H16O6. The number of aliphatic hydroxyl groups is 2. The van der Waals surface area contributed by atoms with Crippen LogP contribution in [0.2, 0.25) is 0 Å². The van der Waals surface area contributed by atoms with Gasteiger partial charge in [-0.05, 0) is 13.8 Å². The van der Waals surface area contributed by atoms with Crippen molar-refractivity contribution in [2.24, 2.45) is 0 Å². The summed E-state index contributed by atoms with van der Waals surface area (Å²) < 4.78 is 0. The molecule has 0 aromatic rings. The van der Waals surface area contributed by atoms with Crippen LogP contribution in [-0.4, -0.2) is 39.2 Å². The van der Waals surface area contributed by atoms with E-state index in [0.29, 0.717) is 0 Å². The number of carboxylic acid groups (broad SMARTS) is 2. The quantitative estimate of drug-likeness (QED) is 0.391. The van der Waals surface area contributed by atoms with Crippen molar-refractivity contribution in [3.63, 3.8) is 0 Å². The first-order valence-electron chi connectivity index (χ1n) is 3.70. The first-order valence-corrected chi connectivity index (χ1v) is 3.70. The Morgan fingerprint density at radius 3 is 1.00 bits per heavy atom. The minimum absolute atomic E-state index is 0.176. The summed E-state index contributed by atoms with van der Waals surface area (Å²) >= 11 is 0. The molecule has 6 nitrogen and oxygen atoms in total. The highest BCUT2D eigenvalue weighted by Gasteiger charge is 1.90. The summed E-state index contributed by atoms with van der Waals surface area (Å²) in [6.07, 6.45) is 0. The fourth-order valence-corrected chi connectivity index (χ4v) is 0. The average Bonchev–Trinajstić information content (AvgIpc) is 2.06. The molecule has 0 amide bonds. The second-order valence-electron chi connectivity index (χ2n) is 2.31. The Hall–Kier alpha value is -1.66. The molecule has 0 aromatic carbocycles. The lowest BCUT2D eigenvalue weighted by molar-refractivity contribution is -0.133. The number of hydrogen-bond acceptors (Lipinski definition) is 4. The highest BCUT2D eigenvalue weighted by molar-refractivity contribution is 5.85. The van der Waals surface area contributed by atoms with Crippen LogP contribution in [0.4, 0.5) is 0 Å². The molecule has 88 valence electrons. The average molecular weight is 220 g/mol. The van der Waals surface area contributed by atoms with Crippen molar-refractivity contribution in [1.82, 2.24) is 0 Å². The van der Waals surface area contributed by atoms with E-state index in [4.69, 9.17) is 20.4 Å². The Morgan fingerprint density at radius 2 is 1.00 bits per heavy atom. The van der Waals surface area contributed by atoms with Gasteiger partial charge in [-0.15, -0.1) is 0 Å². The fraction of sp³-hybridized carbons (Fsp3) is 0.333. The van der Waals surface area contributed by atoms with Crippen LogP contribution >= 0.6 is 0 Å². The molecule has 0 bridgehead atoms. The number of aliphatic carboxylic acids is 2. The molecule has 0 aliphatic rings. The minimum atomic E-state index is -0.935. The Kier molecular flexibility index (Phi) is 15.6. The number of carboxylic acids is 2. The van der Waals surface area contributed by atoms with E-state index in [1.54, 1.807) is 0 Å². The van der Waals surface area contributed by atoms with Crippen LogP contribution in [0.3, 0.4) is 0 Å². The molecule has 0 unspecified atom stereocenters. The maximum absolute atomic E-state index is 9.60. The Balaban J connectivity index is -0.000000153. The number of hydrogen-bond donors (Lipinski definition) is 4. The van der Waals surface area contributed by atoms with E-state index in [-0.39, 0.29) is 11.1 Å². The third kappa shape index (κ3) is 32.8. The van der Waals surface area contributed by atoms with Crippen LogP contribution in [-0.2, 0) is 9.59 Å². The molecule has 0 radical (unpaired) electrons. The second kappa shape index (κ2) is 12.3. The van der Waals surface area contributed by atoms with Crippen molar-refractivity contribution in [3.8, 4) is 0 Å². The van der Waals surface area contributed by atoms with Gasteiger partial charge in [-0.1, -0.05) is 13.2 Å². The number of aliphatic hydroxyl groups excluding tert-OH is 1. The highest BCUT2D eigenvalue weighted by atomic mass is 16.5. The summed E-state index contributed by atoms with van der Waals surface area (Å²) in [5, 5.41) is 30.0. The molecule has 0 spiro atoms. The van der Waals surface area contributed by atoms with Crippen molar-refractivity contribution in [2.45, 2.75) is 13.8 Å². The third-order valence-corrected chi connectivity index (χ3v) is 0.730. The Labute approximate surface area is 87.8 Å². The zero-order valence-corrected chi connectivity index (χ0v) is 8.73. The monoisotopic (exact) mass is 220 g/mol. The lowest BCUT2D eigenvalue weighted by Crippen LogP contribution is -1.92. The summed E-state index contributed by atoms with van der Waals surface area (Å²) in [4.78, 5) is 19.2. The molecule has 0 aliphatic heterocycles. The SMILES string of the molecule is C=C(C)C(=O)O.C=C(C)C(=O)O.OCO. The van der Waals surface area contributed by atoms with Crippen molar-refractivity contribution in [2.75, 3.05) is 6.79 Å². The van der Waals surface area contributed by atoms with Gasteiger partial charge in [-0.25, -0.2) is 9.59 Å². The van der Waals surface area contributed by atoms with Crippen LogP contribution in [0.15, 0.2) is 24.3 Å². The predicted molar refractivity (Wildman–Crippen MR) is 54.2 cm³/mol. The van der Waals surface area contributed by atoms with Crippen LogP contribution in [0.25, 0.3) is 0 Å². The lowest BCUT2D eigenvalue weighted by Gasteiger charge is -1.79. The van der Waals surface area contributed by atoms with Crippen molar-refractivity contribution < 1.29 is 30.0 Å². The lowest BCUT2D eigenvalue weighted by atomic mass is 10.4. The predicted octanol–water partition coefficient (Wildman–Crippen LogP) is 0.223. The van der Waals surface area contributed by atoms with E-state index in [0.717, 1.165) is 0 Å². The molecule has 0 aliphatic carbocycles. The first-order chi connectivity index (χ1) is 6.70. The van der Waals surface area contributed by atoms with E-state index in [1.165, 1.54) is 13.8 Å². The molecule has 4 N–H and O–H groups in total. The summed E-state index contributed by atoms with van der Waals surface area (Å²) in [6, 6.07) is 0. The molecule has 0 fully saturated rings. The maximum atomic E-state index is 9.60. The molecule has 0 heterocycles. The summed E-state index contributed by atoms with van der Waals surface area (Å²) in [5.74, 6) is -1.87. The van der Waals surface area contributed by atoms with Crippen LogP contribution in [0.5, 0.6) is 0 Å². The van der Waals surface area contributed by atoms with Gasteiger partial charge in [0.1, 0.15) is 6.79 Å². The molecule has 15 heavy (non-hydrogen) atoms. The van der Waals surface area contributed by atoms with E-state index in [9.17, 15) is 9.59 Å². The van der Waals surface area contributed by atoms with Gasteiger partial charge in [0.05, 0.1) is 0 Å². The number of rotatable bonds is 2. The first kappa shape index (κ1) is 19.0. The van der Waals surface area contributed by atoms with Crippen molar-refractivity contribution in [1.29, 1.82) is 0 Å². The summed E-state index contributed by atoms with van der Waals surface area (Å²) in [6.45, 7) is 8.45. The van der Waals surface area contributed by atoms with Gasteiger partial charge in [0.15, 0.2) is 0 Å². The van der Waals surface area contributed by atoms with E-state index >= 15 is 0 Å². The van der Waals surface area contributed by atoms with Crippen molar-refractivity contribution in [3.05, 3.63) is 24.3 Å². The molecule has 0 rings (SSSR count). The largest absolute Gasteiger partial charge is 0.478 e. The zero-order chi connectivity index (χ0) is 13.0. The third-order valence-electron chi connectivity index (χ3n) is 0.730. The molecule has 6 heteroatoms. The van der Waals surface area contributed by atoms with Crippen LogP contribution in [0, 0.1) is 0 Å². The molecule has 0 atom stereocenters. The van der Waals surface area contributed by atoms with E-state index in [2.05, 4.69) is 13.2 Å². The van der Waals surface area contributed by atoms with Crippen LogP contribution in [0.1, 0.15) is 13.8 Å². The molecule has 0 saturated carbocycles. The Bertz CT molecular complexity index is 183. The number of carbonyl (C=O) groups is 2. The smallest absolute Gasteiger partial charge is 0.330 e. The normalized spacial score (nSPS) is 7.20. The standard InChI is InChI=1S/2C4H6O2.CH4O2/c2*1-3(2)4(5)6;2-1-3/h2*1H2,2H3,(H,5,6);2-3H,1H2. The van der Waals surface area contributed by atoms with E-state index < -0.39 is 18.7 Å². The summed E-state index contributed by atoms with van der Waals surface area (Å²) in [5.41, 5.74) is 0.352. The van der Waals surface area contributed by atoms with Gasteiger partial charge < -0.3 is 20.4 Å². The van der Waals surface area contributed by atoms with Gasteiger partial charge in [-0.3, -0.25) is 0 Å². The van der Waals surface area contributed by atoms with Crippen molar-refractivity contribution >= 4 is 11.9 Å². The van der Waals surface area contributed by atoms with E-state index in [1.807, 2.05) is 0 Å². The van der Waals surface area contributed by atoms with Gasteiger partial charge in [0.25, 0.3) is 0 Å². The molecular weight excluding hydrogens is 204 g/mol. The summed E-state index contributed by atoms with van der Waals surface area (Å²) in [7, 11) is 0. The molecule has 0 aromatic heterocycles. The Morgan fingerprint density at radius 1 is 0.933 bits per heavy atom. The van der Waals surface area contributed by atoms with Gasteiger partial charge >= 0.3 is 11.9 Å². The molecule has 0 saturated heterocycles. The van der Waals surface area contributed by atoms with Gasteiger partial charge in [0.2, 0.25) is 0 Å². The highest BCUT2D eigenvalue weighted by Crippen LogP contribution is 1.81. The van der Waals surface area contributed by atoms with Gasteiger partial charge in [-0.2, -0.15) is 0 Å². The minimum Gasteiger partial charge on any atom is -0.478 e. The zero-order valence-electron chi connectivity index (χ0n) is 8.73. The maximum Gasteiger partial charge on any atom is 0.330 e. The fourth-order valence-electron chi connectivity index (χ4n) is 0.